The maximum atomic E-state index is 3.66. The van der Waals surface area contributed by atoms with Gasteiger partial charge in [0, 0.05) is 12.6 Å². The lowest BCUT2D eigenvalue weighted by Crippen LogP contribution is -2.37. The van der Waals surface area contributed by atoms with Gasteiger partial charge in [0.15, 0.2) is 0 Å². The van der Waals surface area contributed by atoms with Crippen molar-refractivity contribution in [3.63, 3.8) is 0 Å². The molecule has 1 N–H and O–H groups in total. The van der Waals surface area contributed by atoms with Gasteiger partial charge in [-0.15, -0.1) is 0 Å². The zero-order valence-electron chi connectivity index (χ0n) is 12.6. The number of fused-ring (bicyclic) bond motifs is 1. The van der Waals surface area contributed by atoms with Crippen LogP contribution in [0.4, 0.5) is 0 Å². The molecule has 1 heterocycles. The molecule has 0 bridgehead atoms. The molecule has 0 fully saturated rings. The highest BCUT2D eigenvalue weighted by molar-refractivity contribution is 6.88. The van der Waals surface area contributed by atoms with Crippen molar-refractivity contribution in [2.24, 2.45) is 0 Å². The van der Waals surface area contributed by atoms with Gasteiger partial charge in [0.05, 0.1) is 8.07 Å². The average Bonchev–Trinajstić information content (AvgIpc) is 2.46. The number of rotatable bonds is 2. The molecule has 0 radical (unpaired) electrons. The first-order chi connectivity index (χ1) is 9.54. The first kappa shape index (κ1) is 13.6. The third-order valence-corrected chi connectivity index (χ3v) is 6.33. The molecule has 0 spiro atoms. The van der Waals surface area contributed by atoms with E-state index in [4.69, 9.17) is 0 Å². The predicted molar refractivity (Wildman–Crippen MR) is 89.1 cm³/mol. The lowest BCUT2D eigenvalue weighted by Gasteiger charge is -2.27. The lowest BCUT2D eigenvalue weighted by molar-refractivity contribution is 0.499. The number of benzene rings is 2. The summed E-state index contributed by atoms with van der Waals surface area (Å²) < 4.78 is 0. The minimum atomic E-state index is -1.18. The number of hydrogen-bond acceptors (Lipinski definition) is 1. The van der Waals surface area contributed by atoms with Gasteiger partial charge >= 0.3 is 0 Å². The molecule has 0 amide bonds. The Balaban J connectivity index is 1.81. The fourth-order valence-corrected chi connectivity index (χ4v) is 4.07. The van der Waals surface area contributed by atoms with Crippen LogP contribution in [0.2, 0.25) is 19.6 Å². The summed E-state index contributed by atoms with van der Waals surface area (Å²) in [7, 11) is -1.18. The molecule has 2 aromatic rings. The fraction of sp³-hybridized carbons (Fsp3) is 0.333. The summed E-state index contributed by atoms with van der Waals surface area (Å²) in [6, 6.07) is 18.5. The molecular weight excluding hydrogens is 258 g/mol. The quantitative estimate of drug-likeness (QED) is 0.829. The smallest absolute Gasteiger partial charge is 0.0775 e. The van der Waals surface area contributed by atoms with Crippen LogP contribution in [0.1, 0.15) is 22.7 Å². The first-order valence-corrected chi connectivity index (χ1v) is 10.9. The van der Waals surface area contributed by atoms with Crippen LogP contribution in [0.15, 0.2) is 48.5 Å². The SMILES string of the molecule is C[Si](C)(C)c1ccc(C2Cc3ccccc3CN2)cc1. The van der Waals surface area contributed by atoms with Crippen molar-refractivity contribution in [3.8, 4) is 0 Å². The van der Waals surface area contributed by atoms with E-state index in [0.717, 1.165) is 13.0 Å². The topological polar surface area (TPSA) is 12.0 Å². The van der Waals surface area contributed by atoms with E-state index in [-0.39, 0.29) is 0 Å². The molecule has 1 unspecified atom stereocenters. The summed E-state index contributed by atoms with van der Waals surface area (Å²) in [5.74, 6) is 0. The van der Waals surface area contributed by atoms with Crippen molar-refractivity contribution in [2.75, 3.05) is 0 Å². The molecular formula is C18H23NSi. The summed E-state index contributed by atoms with van der Waals surface area (Å²) in [6.45, 7) is 8.18. The van der Waals surface area contributed by atoms with E-state index in [1.165, 1.54) is 21.9 Å². The van der Waals surface area contributed by atoms with Crippen LogP contribution >= 0.6 is 0 Å². The largest absolute Gasteiger partial charge is 0.306 e. The molecule has 2 aromatic carbocycles. The maximum Gasteiger partial charge on any atom is 0.0775 e. The van der Waals surface area contributed by atoms with Crippen LogP contribution in [0.3, 0.4) is 0 Å². The predicted octanol–water partition coefficient (Wildman–Crippen LogP) is 3.62. The minimum absolute atomic E-state index is 0.459. The molecule has 0 aromatic heterocycles. The monoisotopic (exact) mass is 281 g/mol. The summed E-state index contributed by atoms with van der Waals surface area (Å²) in [5, 5.41) is 5.20. The summed E-state index contributed by atoms with van der Waals surface area (Å²) in [5.41, 5.74) is 4.36. The van der Waals surface area contributed by atoms with E-state index in [2.05, 4.69) is 73.5 Å². The molecule has 0 saturated heterocycles. The molecule has 0 saturated carbocycles. The zero-order valence-corrected chi connectivity index (χ0v) is 13.6. The van der Waals surface area contributed by atoms with Crippen LogP contribution in [-0.2, 0) is 13.0 Å². The first-order valence-electron chi connectivity index (χ1n) is 7.44. The summed E-state index contributed by atoms with van der Waals surface area (Å²) in [6.07, 6.45) is 1.10. The highest BCUT2D eigenvalue weighted by Crippen LogP contribution is 2.25. The van der Waals surface area contributed by atoms with E-state index in [1.54, 1.807) is 0 Å². The van der Waals surface area contributed by atoms with Gasteiger partial charge in [-0.25, -0.2) is 0 Å². The molecule has 0 aliphatic carbocycles. The Morgan fingerprint density at radius 3 is 2.20 bits per heavy atom. The van der Waals surface area contributed by atoms with E-state index in [0.29, 0.717) is 6.04 Å². The second-order valence-corrected chi connectivity index (χ2v) is 11.9. The van der Waals surface area contributed by atoms with Crippen LogP contribution in [0, 0.1) is 0 Å². The van der Waals surface area contributed by atoms with E-state index in [9.17, 15) is 0 Å². The fourth-order valence-electron chi connectivity index (χ4n) is 2.91. The Labute approximate surface area is 123 Å². The molecule has 1 atom stereocenters. The lowest BCUT2D eigenvalue weighted by atomic mass is 9.92. The van der Waals surface area contributed by atoms with E-state index < -0.39 is 8.07 Å². The van der Waals surface area contributed by atoms with Crippen molar-refractivity contribution in [1.29, 1.82) is 0 Å². The number of hydrogen-bond donors (Lipinski definition) is 1. The second kappa shape index (κ2) is 5.19. The standard InChI is InChI=1S/C18H23NSi/c1-20(2,3)17-10-8-14(9-11-17)18-12-15-6-4-5-7-16(15)13-19-18/h4-11,18-19H,12-13H2,1-3H3. The van der Waals surface area contributed by atoms with Crippen molar-refractivity contribution in [3.05, 3.63) is 65.2 Å². The van der Waals surface area contributed by atoms with Crippen molar-refractivity contribution in [2.45, 2.75) is 38.6 Å². The van der Waals surface area contributed by atoms with Gasteiger partial charge < -0.3 is 5.32 Å². The Bertz CT molecular complexity index is 596. The van der Waals surface area contributed by atoms with Crippen molar-refractivity contribution >= 4 is 13.3 Å². The Morgan fingerprint density at radius 2 is 1.55 bits per heavy atom. The molecule has 1 aliphatic rings. The highest BCUT2D eigenvalue weighted by Gasteiger charge is 2.20. The maximum absolute atomic E-state index is 3.66. The van der Waals surface area contributed by atoms with Crippen LogP contribution in [-0.4, -0.2) is 8.07 Å². The van der Waals surface area contributed by atoms with Crippen LogP contribution < -0.4 is 10.5 Å². The third-order valence-electron chi connectivity index (χ3n) is 4.26. The van der Waals surface area contributed by atoms with Gasteiger partial charge in [-0.2, -0.15) is 0 Å². The zero-order chi connectivity index (χ0) is 14.2. The van der Waals surface area contributed by atoms with E-state index in [1.807, 2.05) is 0 Å². The van der Waals surface area contributed by atoms with Gasteiger partial charge in [-0.1, -0.05) is 73.4 Å². The molecule has 20 heavy (non-hydrogen) atoms. The second-order valence-electron chi connectivity index (χ2n) is 6.78. The minimum Gasteiger partial charge on any atom is -0.306 e. The van der Waals surface area contributed by atoms with Gasteiger partial charge in [0.1, 0.15) is 0 Å². The number of nitrogens with one attached hydrogen (secondary N) is 1. The van der Waals surface area contributed by atoms with Gasteiger partial charge in [-0.05, 0) is 23.1 Å². The normalized spacial score (nSPS) is 18.6. The summed E-state index contributed by atoms with van der Waals surface area (Å²) >= 11 is 0. The Kier molecular flexibility index (Phi) is 3.53. The third kappa shape index (κ3) is 2.72. The highest BCUT2D eigenvalue weighted by atomic mass is 28.3. The molecule has 1 aliphatic heterocycles. The van der Waals surface area contributed by atoms with E-state index >= 15 is 0 Å². The van der Waals surface area contributed by atoms with Crippen LogP contribution in [0.5, 0.6) is 0 Å². The Hall–Kier alpha value is -1.38. The Morgan fingerprint density at radius 1 is 0.900 bits per heavy atom. The average molecular weight is 281 g/mol. The van der Waals surface area contributed by atoms with Gasteiger partial charge in [0.2, 0.25) is 0 Å². The molecule has 1 nitrogen and oxygen atoms in total. The molecule has 104 valence electrons. The van der Waals surface area contributed by atoms with Crippen molar-refractivity contribution in [1.82, 2.24) is 5.32 Å². The van der Waals surface area contributed by atoms with Gasteiger partial charge in [0.25, 0.3) is 0 Å². The molecule has 2 heteroatoms. The summed E-state index contributed by atoms with van der Waals surface area (Å²) in [4.78, 5) is 0. The van der Waals surface area contributed by atoms with Crippen LogP contribution in [0.25, 0.3) is 0 Å². The molecule has 3 rings (SSSR count). The van der Waals surface area contributed by atoms with Gasteiger partial charge in [-0.3, -0.25) is 0 Å². The van der Waals surface area contributed by atoms with Crippen molar-refractivity contribution < 1.29 is 0 Å².